The van der Waals surface area contributed by atoms with Crippen LogP contribution in [0.5, 0.6) is 5.75 Å². The summed E-state index contributed by atoms with van der Waals surface area (Å²) in [5, 5.41) is 6.43. The smallest absolute Gasteiger partial charge is 0.416 e. The molecular formula is C31H21BrF3N3O4. The van der Waals surface area contributed by atoms with Crippen molar-refractivity contribution in [3.8, 4) is 5.75 Å². The highest BCUT2D eigenvalue weighted by atomic mass is 79.9. The summed E-state index contributed by atoms with van der Waals surface area (Å²) in [6, 6.07) is 23.9. The Labute approximate surface area is 246 Å². The first-order valence-electron chi connectivity index (χ1n) is 12.2. The molecular weight excluding hydrogens is 615 g/mol. The molecule has 0 aliphatic carbocycles. The van der Waals surface area contributed by atoms with Gasteiger partial charge in [-0.25, -0.2) is 10.2 Å². The molecule has 0 fully saturated rings. The van der Waals surface area contributed by atoms with Crippen LogP contribution in [0.2, 0.25) is 0 Å². The topological polar surface area (TPSA) is 96.9 Å². The van der Waals surface area contributed by atoms with E-state index in [2.05, 4.69) is 31.8 Å². The van der Waals surface area contributed by atoms with Crippen molar-refractivity contribution in [3.05, 3.63) is 135 Å². The third-order valence-corrected chi connectivity index (χ3v) is 6.09. The first kappa shape index (κ1) is 29.9. The van der Waals surface area contributed by atoms with Crippen molar-refractivity contribution in [1.29, 1.82) is 0 Å². The van der Waals surface area contributed by atoms with Crippen molar-refractivity contribution >= 4 is 51.7 Å². The average Bonchev–Trinajstić information content (AvgIpc) is 2.97. The number of hydrazone groups is 1. The van der Waals surface area contributed by atoms with Gasteiger partial charge in [0.05, 0.1) is 11.8 Å². The molecule has 4 rings (SSSR count). The summed E-state index contributed by atoms with van der Waals surface area (Å²) in [4.78, 5) is 37.5. The minimum absolute atomic E-state index is 0.126. The molecule has 0 radical (unpaired) electrons. The average molecular weight is 636 g/mol. The van der Waals surface area contributed by atoms with Crippen LogP contribution in [0, 0.1) is 0 Å². The largest absolute Gasteiger partial charge is 0.423 e. The molecule has 0 saturated heterocycles. The number of alkyl halides is 3. The van der Waals surface area contributed by atoms with Crippen LogP contribution in [-0.4, -0.2) is 24.0 Å². The molecule has 0 unspecified atom stereocenters. The molecule has 42 heavy (non-hydrogen) atoms. The van der Waals surface area contributed by atoms with E-state index in [4.69, 9.17) is 4.74 Å². The van der Waals surface area contributed by atoms with Gasteiger partial charge in [0.2, 0.25) is 0 Å². The van der Waals surface area contributed by atoms with E-state index < -0.39 is 29.5 Å². The Balaban J connectivity index is 1.40. The predicted molar refractivity (Wildman–Crippen MR) is 156 cm³/mol. The van der Waals surface area contributed by atoms with E-state index in [1.54, 1.807) is 24.3 Å². The van der Waals surface area contributed by atoms with Gasteiger partial charge in [-0.1, -0.05) is 58.4 Å². The Kier molecular flexibility index (Phi) is 9.66. The zero-order valence-electron chi connectivity index (χ0n) is 21.6. The van der Waals surface area contributed by atoms with Gasteiger partial charge in [0, 0.05) is 32.9 Å². The number of anilines is 1. The van der Waals surface area contributed by atoms with Gasteiger partial charge in [-0.3, -0.25) is 9.59 Å². The second-order valence-electron chi connectivity index (χ2n) is 8.66. The number of rotatable bonds is 8. The van der Waals surface area contributed by atoms with Gasteiger partial charge < -0.3 is 10.1 Å². The molecule has 0 bridgehead atoms. The highest BCUT2D eigenvalue weighted by Gasteiger charge is 2.30. The number of ether oxygens (including phenoxy) is 1. The minimum atomic E-state index is -4.59. The maximum Gasteiger partial charge on any atom is 0.416 e. The van der Waals surface area contributed by atoms with Crippen LogP contribution in [-0.2, 0) is 11.0 Å². The summed E-state index contributed by atoms with van der Waals surface area (Å²) in [5.41, 5.74) is 2.76. The Morgan fingerprint density at radius 2 is 1.52 bits per heavy atom. The summed E-state index contributed by atoms with van der Waals surface area (Å²) in [6.45, 7) is 0. The van der Waals surface area contributed by atoms with Crippen LogP contribution in [0.15, 0.2) is 113 Å². The fourth-order valence-corrected chi connectivity index (χ4v) is 3.97. The Morgan fingerprint density at radius 3 is 2.26 bits per heavy atom. The fourth-order valence-electron chi connectivity index (χ4n) is 3.59. The highest BCUT2D eigenvalue weighted by Crippen LogP contribution is 2.29. The molecule has 0 aliphatic heterocycles. The number of halogens is 4. The lowest BCUT2D eigenvalue weighted by Gasteiger charge is -2.10. The summed E-state index contributed by atoms with van der Waals surface area (Å²) in [6.07, 6.45) is -0.387. The minimum Gasteiger partial charge on any atom is -0.423 e. The van der Waals surface area contributed by atoms with Crippen molar-refractivity contribution in [2.75, 3.05) is 5.32 Å². The van der Waals surface area contributed by atoms with Crippen LogP contribution >= 0.6 is 15.9 Å². The monoisotopic (exact) mass is 635 g/mol. The van der Waals surface area contributed by atoms with Crippen LogP contribution in [0.25, 0.3) is 6.08 Å². The van der Waals surface area contributed by atoms with Crippen molar-refractivity contribution in [2.45, 2.75) is 6.18 Å². The molecule has 0 aliphatic rings. The van der Waals surface area contributed by atoms with E-state index in [-0.39, 0.29) is 22.6 Å². The molecule has 4 aromatic rings. The van der Waals surface area contributed by atoms with Crippen molar-refractivity contribution < 1.29 is 32.3 Å². The van der Waals surface area contributed by atoms with Gasteiger partial charge in [-0.05, 0) is 66.2 Å². The number of hydrogen-bond donors (Lipinski definition) is 2. The van der Waals surface area contributed by atoms with E-state index in [1.165, 1.54) is 42.6 Å². The molecule has 0 atom stereocenters. The number of carbonyl (C=O) groups excluding carboxylic acids is 3. The second-order valence-corrected chi connectivity index (χ2v) is 9.58. The Bertz CT molecular complexity index is 1670. The molecule has 2 amide bonds. The molecule has 0 saturated carbocycles. The van der Waals surface area contributed by atoms with E-state index >= 15 is 0 Å². The van der Waals surface area contributed by atoms with Gasteiger partial charge in [0.25, 0.3) is 11.8 Å². The lowest BCUT2D eigenvalue weighted by molar-refractivity contribution is -0.137. The quantitative estimate of drug-likeness (QED) is 0.0709. The number of hydrogen-bond acceptors (Lipinski definition) is 5. The van der Waals surface area contributed by atoms with Gasteiger partial charge in [-0.2, -0.15) is 18.3 Å². The lowest BCUT2D eigenvalue weighted by atomic mass is 10.1. The van der Waals surface area contributed by atoms with E-state index in [9.17, 15) is 27.6 Å². The van der Waals surface area contributed by atoms with Crippen LogP contribution < -0.4 is 15.5 Å². The molecule has 7 nitrogen and oxygen atoms in total. The lowest BCUT2D eigenvalue weighted by Crippen LogP contribution is -2.18. The third kappa shape index (κ3) is 8.48. The number of carbonyl (C=O) groups is 3. The summed E-state index contributed by atoms with van der Waals surface area (Å²) in [7, 11) is 0. The maximum atomic E-state index is 13.0. The second kappa shape index (κ2) is 13.6. The number of amides is 2. The van der Waals surface area contributed by atoms with E-state index in [0.29, 0.717) is 10.0 Å². The zero-order valence-corrected chi connectivity index (χ0v) is 23.1. The van der Waals surface area contributed by atoms with E-state index in [0.717, 1.165) is 23.8 Å². The Hall–Kier alpha value is -5.03. The van der Waals surface area contributed by atoms with Crippen molar-refractivity contribution in [3.63, 3.8) is 0 Å². The summed E-state index contributed by atoms with van der Waals surface area (Å²) in [5.74, 6) is -1.80. The maximum absolute atomic E-state index is 13.0. The number of esters is 1. The highest BCUT2D eigenvalue weighted by molar-refractivity contribution is 9.10. The number of nitrogens with zero attached hydrogens (tertiary/aromatic N) is 1. The van der Waals surface area contributed by atoms with Crippen LogP contribution in [0.1, 0.15) is 37.4 Å². The normalized spacial score (nSPS) is 11.4. The standard InChI is InChI=1S/C31H21BrF3N3O4/c32-25-13-14-27(42-28(39)15-12-20-6-2-1-3-7-20)23(17-25)19-36-38-30(41)22-9-5-11-26(18-22)37-29(40)21-8-4-10-24(16-21)31(33,34)35/h1-19H,(H,37,40)(H,38,41)/b15-12+,36-19?. The van der Waals surface area contributed by atoms with Crippen molar-refractivity contribution in [2.24, 2.45) is 5.10 Å². The van der Waals surface area contributed by atoms with Crippen LogP contribution in [0.3, 0.4) is 0 Å². The summed E-state index contributed by atoms with van der Waals surface area (Å²) < 4.78 is 45.1. The molecule has 0 spiro atoms. The molecule has 2 N–H and O–H groups in total. The third-order valence-electron chi connectivity index (χ3n) is 5.60. The zero-order chi connectivity index (χ0) is 30.1. The number of nitrogens with one attached hydrogen (secondary N) is 2. The summed E-state index contributed by atoms with van der Waals surface area (Å²) >= 11 is 3.35. The SMILES string of the molecule is O=C(/C=C/c1ccccc1)Oc1ccc(Br)cc1C=NNC(=O)c1cccc(NC(=O)c2cccc(C(F)(F)F)c2)c1. The first-order valence-corrected chi connectivity index (χ1v) is 13.0. The first-order chi connectivity index (χ1) is 20.1. The molecule has 11 heteroatoms. The van der Waals surface area contributed by atoms with Gasteiger partial charge in [-0.15, -0.1) is 0 Å². The predicted octanol–water partition coefficient (Wildman–Crippen LogP) is 7.10. The molecule has 4 aromatic carbocycles. The fraction of sp³-hybridized carbons (Fsp3) is 0.0323. The van der Waals surface area contributed by atoms with Crippen molar-refractivity contribution in [1.82, 2.24) is 5.43 Å². The number of benzene rings is 4. The van der Waals surface area contributed by atoms with Crippen LogP contribution in [0.4, 0.5) is 18.9 Å². The molecule has 0 aromatic heterocycles. The van der Waals surface area contributed by atoms with Gasteiger partial charge in [0.15, 0.2) is 0 Å². The van der Waals surface area contributed by atoms with Gasteiger partial charge >= 0.3 is 12.1 Å². The molecule has 0 heterocycles. The van der Waals surface area contributed by atoms with E-state index in [1.807, 2.05) is 30.3 Å². The van der Waals surface area contributed by atoms with Gasteiger partial charge in [0.1, 0.15) is 5.75 Å². The Morgan fingerprint density at radius 1 is 0.810 bits per heavy atom. The molecule has 212 valence electrons.